The zero-order valence-electron chi connectivity index (χ0n) is 11.4. The zero-order chi connectivity index (χ0) is 14.4. The van der Waals surface area contributed by atoms with Crippen LogP contribution in [0.25, 0.3) is 0 Å². The van der Waals surface area contributed by atoms with Crippen LogP contribution in [0.1, 0.15) is 18.4 Å². The van der Waals surface area contributed by atoms with E-state index in [1.54, 1.807) is 24.3 Å². The molecule has 3 rings (SSSR count). The van der Waals surface area contributed by atoms with Gasteiger partial charge in [-0.2, -0.15) is 4.31 Å². The standard InChI is InChI=1S/C14H18N2O3S/c1-11-2-4-12(5-3-11)20(18,19)16-7-6-14(10-16)8-13(17)15-9-14/h2-5H,6-10H2,1H3,(H,15,17). The minimum absolute atomic E-state index is 0.0274. The molecular weight excluding hydrogens is 276 g/mol. The Kier molecular flexibility index (Phi) is 3.10. The van der Waals surface area contributed by atoms with Crippen molar-refractivity contribution in [1.82, 2.24) is 9.62 Å². The van der Waals surface area contributed by atoms with Gasteiger partial charge in [-0.25, -0.2) is 8.42 Å². The average molecular weight is 294 g/mol. The van der Waals surface area contributed by atoms with Gasteiger partial charge in [-0.15, -0.1) is 0 Å². The summed E-state index contributed by atoms with van der Waals surface area (Å²) < 4.78 is 26.7. The number of nitrogens with one attached hydrogen (secondary N) is 1. The first-order valence-corrected chi connectivity index (χ1v) is 8.19. The number of sulfonamides is 1. The molecule has 2 aliphatic rings. The second kappa shape index (κ2) is 4.56. The molecule has 0 aliphatic carbocycles. The number of carbonyl (C=O) groups excluding carboxylic acids is 1. The normalized spacial score (nSPS) is 27.1. The predicted molar refractivity (Wildman–Crippen MR) is 74.6 cm³/mol. The maximum Gasteiger partial charge on any atom is 0.243 e. The highest BCUT2D eigenvalue weighted by Crippen LogP contribution is 2.38. The molecule has 1 unspecified atom stereocenters. The average Bonchev–Trinajstić information content (AvgIpc) is 2.98. The highest BCUT2D eigenvalue weighted by molar-refractivity contribution is 7.89. The molecule has 5 nitrogen and oxygen atoms in total. The lowest BCUT2D eigenvalue weighted by Gasteiger charge is -2.21. The lowest BCUT2D eigenvalue weighted by Crippen LogP contribution is -2.33. The van der Waals surface area contributed by atoms with Crippen LogP contribution in [-0.2, 0) is 14.8 Å². The fraction of sp³-hybridized carbons (Fsp3) is 0.500. The van der Waals surface area contributed by atoms with Crippen molar-refractivity contribution in [3.05, 3.63) is 29.8 Å². The summed E-state index contributed by atoms with van der Waals surface area (Å²) in [5, 5.41) is 2.81. The van der Waals surface area contributed by atoms with Crippen LogP contribution in [0.2, 0.25) is 0 Å². The molecule has 0 radical (unpaired) electrons. The van der Waals surface area contributed by atoms with Gasteiger partial charge in [-0.3, -0.25) is 4.79 Å². The number of nitrogens with zero attached hydrogens (tertiary/aromatic N) is 1. The molecule has 1 aromatic carbocycles. The molecule has 108 valence electrons. The third-order valence-electron chi connectivity index (χ3n) is 4.26. The first kappa shape index (κ1) is 13.6. The van der Waals surface area contributed by atoms with E-state index in [4.69, 9.17) is 0 Å². The molecule has 1 aromatic rings. The summed E-state index contributed by atoms with van der Waals surface area (Å²) in [6.45, 7) is 3.44. The van der Waals surface area contributed by atoms with E-state index in [9.17, 15) is 13.2 Å². The van der Waals surface area contributed by atoms with E-state index in [1.165, 1.54) is 4.31 Å². The van der Waals surface area contributed by atoms with Crippen LogP contribution in [0, 0.1) is 12.3 Å². The SMILES string of the molecule is Cc1ccc(S(=O)(=O)N2CCC3(CNC(=O)C3)C2)cc1. The summed E-state index contributed by atoms with van der Waals surface area (Å²) in [5.74, 6) is 0.0274. The van der Waals surface area contributed by atoms with Crippen LogP contribution in [0.3, 0.4) is 0 Å². The van der Waals surface area contributed by atoms with E-state index < -0.39 is 10.0 Å². The van der Waals surface area contributed by atoms with Crippen molar-refractivity contribution >= 4 is 15.9 Å². The molecule has 0 bridgehead atoms. The second-order valence-electron chi connectivity index (χ2n) is 5.86. The van der Waals surface area contributed by atoms with E-state index in [0.717, 1.165) is 12.0 Å². The first-order chi connectivity index (χ1) is 9.41. The fourth-order valence-corrected chi connectivity index (χ4v) is 4.55. The Hall–Kier alpha value is -1.40. The van der Waals surface area contributed by atoms with Crippen LogP contribution in [-0.4, -0.2) is 38.3 Å². The fourth-order valence-electron chi connectivity index (χ4n) is 3.00. The molecule has 2 aliphatic heterocycles. The maximum atomic E-state index is 12.6. The molecule has 2 fully saturated rings. The lowest BCUT2D eigenvalue weighted by atomic mass is 9.86. The van der Waals surface area contributed by atoms with Crippen molar-refractivity contribution in [2.75, 3.05) is 19.6 Å². The minimum Gasteiger partial charge on any atom is -0.355 e. The van der Waals surface area contributed by atoms with Gasteiger partial charge in [0, 0.05) is 31.5 Å². The molecule has 1 N–H and O–H groups in total. The van der Waals surface area contributed by atoms with Gasteiger partial charge in [-0.05, 0) is 25.5 Å². The molecule has 1 amide bonds. The van der Waals surface area contributed by atoms with Crippen molar-refractivity contribution in [3.8, 4) is 0 Å². The smallest absolute Gasteiger partial charge is 0.243 e. The summed E-state index contributed by atoms with van der Waals surface area (Å²) in [7, 11) is -3.44. The van der Waals surface area contributed by atoms with Gasteiger partial charge in [-0.1, -0.05) is 17.7 Å². The molecular formula is C14H18N2O3S. The third kappa shape index (κ3) is 2.23. The summed E-state index contributed by atoms with van der Waals surface area (Å²) in [6.07, 6.45) is 1.18. The van der Waals surface area contributed by atoms with Gasteiger partial charge in [0.25, 0.3) is 0 Å². The highest BCUT2D eigenvalue weighted by atomic mass is 32.2. The summed E-state index contributed by atoms with van der Waals surface area (Å²) in [4.78, 5) is 11.7. The lowest BCUT2D eigenvalue weighted by molar-refractivity contribution is -0.119. The number of hydrogen-bond donors (Lipinski definition) is 1. The third-order valence-corrected chi connectivity index (χ3v) is 6.12. The van der Waals surface area contributed by atoms with Gasteiger partial charge >= 0.3 is 0 Å². The molecule has 2 heterocycles. The largest absolute Gasteiger partial charge is 0.355 e. The molecule has 0 aromatic heterocycles. The van der Waals surface area contributed by atoms with E-state index >= 15 is 0 Å². The number of amides is 1. The summed E-state index contributed by atoms with van der Waals surface area (Å²) in [5.41, 5.74) is 0.835. The Balaban J connectivity index is 1.83. The van der Waals surface area contributed by atoms with Gasteiger partial charge < -0.3 is 5.32 Å². The molecule has 0 saturated carbocycles. The van der Waals surface area contributed by atoms with Gasteiger partial charge in [0.2, 0.25) is 15.9 Å². The van der Waals surface area contributed by atoms with Crippen LogP contribution in [0.15, 0.2) is 29.2 Å². The number of hydrogen-bond acceptors (Lipinski definition) is 3. The van der Waals surface area contributed by atoms with Crippen LogP contribution in [0.5, 0.6) is 0 Å². The highest BCUT2D eigenvalue weighted by Gasteiger charge is 2.47. The Morgan fingerprint density at radius 1 is 1.25 bits per heavy atom. The van der Waals surface area contributed by atoms with E-state index in [1.807, 2.05) is 6.92 Å². The van der Waals surface area contributed by atoms with Crippen molar-refractivity contribution in [2.45, 2.75) is 24.7 Å². The Bertz CT molecular complexity index is 639. The Morgan fingerprint density at radius 2 is 1.95 bits per heavy atom. The van der Waals surface area contributed by atoms with Gasteiger partial charge in [0.1, 0.15) is 0 Å². The molecule has 20 heavy (non-hydrogen) atoms. The first-order valence-electron chi connectivity index (χ1n) is 6.75. The van der Waals surface area contributed by atoms with E-state index in [2.05, 4.69) is 5.32 Å². The predicted octanol–water partition coefficient (Wildman–Crippen LogP) is 0.896. The second-order valence-corrected chi connectivity index (χ2v) is 7.79. The zero-order valence-corrected chi connectivity index (χ0v) is 12.2. The van der Waals surface area contributed by atoms with E-state index in [0.29, 0.717) is 31.0 Å². The number of rotatable bonds is 2. The molecule has 1 atom stereocenters. The molecule has 1 spiro atoms. The summed E-state index contributed by atoms with van der Waals surface area (Å²) >= 11 is 0. The number of aryl methyl sites for hydroxylation is 1. The van der Waals surface area contributed by atoms with Crippen LogP contribution >= 0.6 is 0 Å². The van der Waals surface area contributed by atoms with Crippen molar-refractivity contribution in [1.29, 1.82) is 0 Å². The molecule has 2 saturated heterocycles. The van der Waals surface area contributed by atoms with Crippen molar-refractivity contribution in [3.63, 3.8) is 0 Å². The monoisotopic (exact) mass is 294 g/mol. The number of benzene rings is 1. The molecule has 6 heteroatoms. The Morgan fingerprint density at radius 3 is 2.55 bits per heavy atom. The quantitative estimate of drug-likeness (QED) is 0.881. The van der Waals surface area contributed by atoms with Crippen molar-refractivity contribution in [2.24, 2.45) is 5.41 Å². The van der Waals surface area contributed by atoms with Gasteiger partial charge in [0.05, 0.1) is 4.90 Å². The number of carbonyl (C=O) groups is 1. The van der Waals surface area contributed by atoms with E-state index in [-0.39, 0.29) is 11.3 Å². The Labute approximate surface area is 119 Å². The van der Waals surface area contributed by atoms with Gasteiger partial charge in [0.15, 0.2) is 0 Å². The van der Waals surface area contributed by atoms with Crippen LogP contribution in [0.4, 0.5) is 0 Å². The van der Waals surface area contributed by atoms with Crippen LogP contribution < -0.4 is 5.32 Å². The maximum absolute atomic E-state index is 12.6. The summed E-state index contributed by atoms with van der Waals surface area (Å²) in [6, 6.07) is 6.90. The van der Waals surface area contributed by atoms with Crippen molar-refractivity contribution < 1.29 is 13.2 Å². The minimum atomic E-state index is -3.44. The topological polar surface area (TPSA) is 66.5 Å².